The molecule has 7 heteroatoms. The van der Waals surface area contributed by atoms with E-state index in [0.29, 0.717) is 12.4 Å². The molecule has 130 valence electrons. The highest BCUT2D eigenvalue weighted by Crippen LogP contribution is 2.43. The van der Waals surface area contributed by atoms with Crippen LogP contribution in [-0.2, 0) is 6.54 Å². The third kappa shape index (κ3) is 2.13. The second-order valence-corrected chi connectivity index (χ2v) is 6.34. The molecule has 0 aliphatic carbocycles. The number of fused-ring (bicyclic) bond motifs is 4. The zero-order chi connectivity index (χ0) is 17.1. The smallest absolute Gasteiger partial charge is 0.146 e. The lowest BCUT2D eigenvalue weighted by molar-refractivity contribution is 0.704. The van der Waals surface area contributed by atoms with Crippen LogP contribution in [0, 0.1) is 0 Å². The Labute approximate surface area is 156 Å². The van der Waals surface area contributed by atoms with Crippen LogP contribution in [0.5, 0.6) is 0 Å². The number of benzene rings is 1. The standard InChI is InChI=1S/C19H16N6.ClH/c1-10-13(20)8-25-17(10)15(16-18(21)23-9-24-19(16)25)12-6-11-4-2-3-5-14(11)22-7-12;/h2-7,9,13H,1,8,20H2,(H2,21,23,24);1H/t13-;/m1./s1. The number of anilines is 1. The quantitative estimate of drug-likeness (QED) is 0.541. The van der Waals surface area contributed by atoms with Crippen molar-refractivity contribution in [2.75, 3.05) is 5.73 Å². The van der Waals surface area contributed by atoms with Crippen molar-refractivity contribution in [3.8, 4) is 11.1 Å². The minimum Gasteiger partial charge on any atom is -0.383 e. The highest BCUT2D eigenvalue weighted by molar-refractivity contribution is 6.07. The van der Waals surface area contributed by atoms with Crippen LogP contribution < -0.4 is 11.5 Å². The molecular formula is C19H17ClN6. The van der Waals surface area contributed by atoms with Crippen molar-refractivity contribution in [1.82, 2.24) is 19.5 Å². The van der Waals surface area contributed by atoms with Crippen molar-refractivity contribution in [2.24, 2.45) is 5.73 Å². The van der Waals surface area contributed by atoms with E-state index in [9.17, 15) is 0 Å². The van der Waals surface area contributed by atoms with Crippen LogP contribution in [0.4, 0.5) is 5.82 Å². The van der Waals surface area contributed by atoms with Crippen LogP contribution in [0.1, 0.15) is 5.69 Å². The normalized spacial score (nSPS) is 16.0. The Morgan fingerprint density at radius 1 is 1.15 bits per heavy atom. The van der Waals surface area contributed by atoms with E-state index in [2.05, 4.69) is 32.2 Å². The Morgan fingerprint density at radius 2 is 1.96 bits per heavy atom. The van der Waals surface area contributed by atoms with Crippen molar-refractivity contribution in [2.45, 2.75) is 12.6 Å². The number of pyridine rings is 1. The molecule has 0 radical (unpaired) electrons. The summed E-state index contributed by atoms with van der Waals surface area (Å²) < 4.78 is 2.09. The predicted octanol–water partition coefficient (Wildman–Crippen LogP) is 3.00. The van der Waals surface area contributed by atoms with Gasteiger partial charge in [-0.25, -0.2) is 9.97 Å². The molecule has 0 saturated carbocycles. The van der Waals surface area contributed by atoms with E-state index in [1.165, 1.54) is 6.33 Å². The van der Waals surface area contributed by atoms with E-state index < -0.39 is 0 Å². The fraction of sp³-hybridized carbons (Fsp3) is 0.105. The molecule has 1 aliphatic heterocycles. The molecule has 6 nitrogen and oxygen atoms in total. The average molecular weight is 365 g/mol. The Hall–Kier alpha value is -2.96. The molecular weight excluding hydrogens is 348 g/mol. The van der Waals surface area contributed by atoms with E-state index >= 15 is 0 Å². The Bertz CT molecular complexity index is 1180. The molecule has 0 fully saturated rings. The van der Waals surface area contributed by atoms with Crippen LogP contribution in [-0.4, -0.2) is 25.6 Å². The maximum absolute atomic E-state index is 6.23. The third-order valence-corrected chi connectivity index (χ3v) is 4.88. The summed E-state index contributed by atoms with van der Waals surface area (Å²) in [5.74, 6) is 0.455. The topological polar surface area (TPSA) is 95.6 Å². The zero-order valence-electron chi connectivity index (χ0n) is 13.9. The third-order valence-electron chi connectivity index (χ3n) is 4.88. The van der Waals surface area contributed by atoms with Crippen molar-refractivity contribution in [1.29, 1.82) is 0 Å². The first-order chi connectivity index (χ1) is 12.1. The van der Waals surface area contributed by atoms with Gasteiger partial charge in [0.05, 0.1) is 16.6 Å². The number of hydrogen-bond acceptors (Lipinski definition) is 5. The lowest BCUT2D eigenvalue weighted by Crippen LogP contribution is -2.20. The maximum Gasteiger partial charge on any atom is 0.146 e. The number of nitrogens with zero attached hydrogens (tertiary/aromatic N) is 4. The number of rotatable bonds is 1. The summed E-state index contributed by atoms with van der Waals surface area (Å²) in [5.41, 5.74) is 18.0. The summed E-state index contributed by atoms with van der Waals surface area (Å²) in [4.78, 5) is 13.2. The van der Waals surface area contributed by atoms with Gasteiger partial charge in [0.15, 0.2) is 0 Å². The van der Waals surface area contributed by atoms with Gasteiger partial charge in [-0.15, -0.1) is 12.4 Å². The zero-order valence-corrected chi connectivity index (χ0v) is 14.7. The van der Waals surface area contributed by atoms with Crippen LogP contribution in [0.2, 0.25) is 0 Å². The summed E-state index contributed by atoms with van der Waals surface area (Å²) in [6.07, 6.45) is 3.35. The van der Waals surface area contributed by atoms with Gasteiger partial charge in [-0.05, 0) is 17.7 Å². The first-order valence-corrected chi connectivity index (χ1v) is 8.07. The molecule has 1 atom stereocenters. The number of nitrogen functional groups attached to an aromatic ring is 1. The summed E-state index contributed by atoms with van der Waals surface area (Å²) in [7, 11) is 0. The van der Waals surface area contributed by atoms with Gasteiger partial charge in [0.2, 0.25) is 0 Å². The van der Waals surface area contributed by atoms with Gasteiger partial charge >= 0.3 is 0 Å². The van der Waals surface area contributed by atoms with Gasteiger partial charge in [-0.1, -0.05) is 24.8 Å². The molecule has 0 amide bonds. The molecule has 1 aliphatic rings. The Kier molecular flexibility index (Phi) is 3.68. The fourth-order valence-corrected chi connectivity index (χ4v) is 3.68. The van der Waals surface area contributed by atoms with Crippen LogP contribution in [0.25, 0.3) is 38.6 Å². The van der Waals surface area contributed by atoms with E-state index in [1.54, 1.807) is 0 Å². The SMILES string of the molecule is C=C1c2c(-c3cnc4ccccc4c3)c3c(N)ncnc3n2C[C@H]1N.Cl. The summed E-state index contributed by atoms with van der Waals surface area (Å²) >= 11 is 0. The van der Waals surface area contributed by atoms with E-state index in [4.69, 9.17) is 11.5 Å². The summed E-state index contributed by atoms with van der Waals surface area (Å²) in [6, 6.07) is 10.0. The fourth-order valence-electron chi connectivity index (χ4n) is 3.68. The van der Waals surface area contributed by atoms with Crippen molar-refractivity contribution < 1.29 is 0 Å². The number of para-hydroxylation sites is 1. The van der Waals surface area contributed by atoms with Gasteiger partial charge in [0, 0.05) is 35.3 Å². The highest BCUT2D eigenvalue weighted by Gasteiger charge is 2.31. The van der Waals surface area contributed by atoms with Gasteiger partial charge < -0.3 is 16.0 Å². The van der Waals surface area contributed by atoms with Gasteiger partial charge in [0.25, 0.3) is 0 Å². The molecule has 4 aromatic rings. The molecule has 26 heavy (non-hydrogen) atoms. The molecule has 3 aromatic heterocycles. The number of aromatic nitrogens is 4. The van der Waals surface area contributed by atoms with Gasteiger partial charge in [0.1, 0.15) is 17.8 Å². The highest BCUT2D eigenvalue weighted by atomic mass is 35.5. The number of halogens is 1. The van der Waals surface area contributed by atoms with Gasteiger partial charge in [-0.3, -0.25) is 4.98 Å². The van der Waals surface area contributed by atoms with Crippen LogP contribution in [0.15, 0.2) is 49.4 Å². The van der Waals surface area contributed by atoms with Crippen LogP contribution in [0.3, 0.4) is 0 Å². The molecule has 0 saturated heterocycles. The van der Waals surface area contributed by atoms with Crippen molar-refractivity contribution in [3.05, 3.63) is 55.1 Å². The second-order valence-electron chi connectivity index (χ2n) is 6.34. The monoisotopic (exact) mass is 364 g/mol. The average Bonchev–Trinajstić information content (AvgIpc) is 3.10. The molecule has 0 spiro atoms. The molecule has 0 bridgehead atoms. The largest absolute Gasteiger partial charge is 0.383 e. The van der Waals surface area contributed by atoms with E-state index in [0.717, 1.165) is 44.3 Å². The van der Waals surface area contributed by atoms with Crippen molar-refractivity contribution >= 4 is 45.7 Å². The predicted molar refractivity (Wildman–Crippen MR) is 107 cm³/mol. The second kappa shape index (κ2) is 5.79. The Morgan fingerprint density at radius 3 is 2.81 bits per heavy atom. The molecule has 4 N–H and O–H groups in total. The van der Waals surface area contributed by atoms with Gasteiger partial charge in [-0.2, -0.15) is 0 Å². The molecule has 1 aromatic carbocycles. The van der Waals surface area contributed by atoms with Crippen molar-refractivity contribution in [3.63, 3.8) is 0 Å². The molecule has 4 heterocycles. The van der Waals surface area contributed by atoms with E-state index in [-0.39, 0.29) is 18.4 Å². The number of nitrogens with two attached hydrogens (primary N) is 2. The van der Waals surface area contributed by atoms with Crippen LogP contribution >= 0.6 is 12.4 Å². The summed E-state index contributed by atoms with van der Waals surface area (Å²) in [5, 5.41) is 1.90. The first kappa shape index (κ1) is 16.5. The summed E-state index contributed by atoms with van der Waals surface area (Å²) in [6.45, 7) is 4.84. The minimum absolute atomic E-state index is 0. The minimum atomic E-state index is -0.122. The molecule has 0 unspecified atom stereocenters. The lowest BCUT2D eigenvalue weighted by atomic mass is 9.98. The lowest BCUT2D eigenvalue weighted by Gasteiger charge is -2.08. The van der Waals surface area contributed by atoms with E-state index in [1.807, 2.05) is 30.5 Å². The molecule has 5 rings (SSSR count). The Balaban J connectivity index is 0.00000168. The maximum atomic E-state index is 6.23. The first-order valence-electron chi connectivity index (χ1n) is 8.07. The number of hydrogen-bond donors (Lipinski definition) is 2.